The summed E-state index contributed by atoms with van der Waals surface area (Å²) < 4.78 is 26.7. The average Bonchev–Trinajstić information content (AvgIpc) is 2.88. The van der Waals surface area contributed by atoms with Gasteiger partial charge < -0.3 is 19.7 Å². The molecule has 2 aromatic carbocycles. The van der Waals surface area contributed by atoms with Crippen LogP contribution in [-0.2, 0) is 0 Å². The van der Waals surface area contributed by atoms with Gasteiger partial charge in [-0.1, -0.05) is 20.4 Å². The Morgan fingerprint density at radius 3 is 2.72 bits per heavy atom. The van der Waals surface area contributed by atoms with Crippen LogP contribution in [0.5, 0.6) is 11.5 Å². The van der Waals surface area contributed by atoms with Crippen molar-refractivity contribution in [3.8, 4) is 11.5 Å². The van der Waals surface area contributed by atoms with Crippen LogP contribution in [0.4, 0.5) is 15.9 Å². The molecule has 0 fully saturated rings. The predicted molar refractivity (Wildman–Crippen MR) is 143 cm³/mol. The molecular formula is C27H31FN6O2. The molecule has 0 aliphatic carbocycles. The first-order valence-corrected chi connectivity index (χ1v) is 11.6. The lowest BCUT2D eigenvalue weighted by Gasteiger charge is -2.20. The maximum absolute atomic E-state index is 15.1. The van der Waals surface area contributed by atoms with Gasteiger partial charge in [0.25, 0.3) is 0 Å². The predicted octanol–water partition coefficient (Wildman–Crippen LogP) is 5.61. The number of benzene rings is 2. The van der Waals surface area contributed by atoms with E-state index < -0.39 is 5.82 Å². The smallest absolute Gasteiger partial charge is 0.144 e. The second-order valence-corrected chi connectivity index (χ2v) is 8.24. The number of nitrogens with zero attached hydrogens (tertiary/aromatic N) is 4. The summed E-state index contributed by atoms with van der Waals surface area (Å²) >= 11 is 0. The van der Waals surface area contributed by atoms with Gasteiger partial charge in [0.15, 0.2) is 0 Å². The molecule has 0 bridgehead atoms. The first-order valence-electron chi connectivity index (χ1n) is 11.6. The van der Waals surface area contributed by atoms with Crippen LogP contribution < -0.4 is 14.8 Å². The number of aliphatic imine (C=N–C) groups is 1. The summed E-state index contributed by atoms with van der Waals surface area (Å²) in [5.74, 6) is 1.69. The summed E-state index contributed by atoms with van der Waals surface area (Å²) in [4.78, 5) is 14.4. The fourth-order valence-corrected chi connectivity index (χ4v) is 3.43. The van der Waals surface area contributed by atoms with Crippen LogP contribution in [0.25, 0.3) is 10.9 Å². The maximum Gasteiger partial charge on any atom is 0.144 e. The fourth-order valence-electron chi connectivity index (χ4n) is 3.43. The van der Waals surface area contributed by atoms with E-state index >= 15 is 4.39 Å². The van der Waals surface area contributed by atoms with E-state index in [1.54, 1.807) is 42.5 Å². The van der Waals surface area contributed by atoms with Crippen LogP contribution >= 0.6 is 0 Å². The molecule has 3 aromatic rings. The Hall–Kier alpha value is -4.11. The van der Waals surface area contributed by atoms with E-state index in [2.05, 4.69) is 52.7 Å². The lowest BCUT2D eigenvalue weighted by Crippen LogP contribution is -2.27. The molecule has 0 saturated heterocycles. The van der Waals surface area contributed by atoms with E-state index in [1.165, 1.54) is 18.6 Å². The normalized spacial score (nSPS) is 12.6. The van der Waals surface area contributed by atoms with Gasteiger partial charge >= 0.3 is 0 Å². The van der Waals surface area contributed by atoms with Gasteiger partial charge in [-0.15, -0.1) is 0 Å². The molecular weight excluding hydrogens is 459 g/mol. The minimum atomic E-state index is -0.462. The van der Waals surface area contributed by atoms with Crippen LogP contribution in [0.1, 0.15) is 13.8 Å². The highest BCUT2D eigenvalue weighted by atomic mass is 19.1. The minimum Gasteiger partial charge on any atom is -0.493 e. The van der Waals surface area contributed by atoms with Gasteiger partial charge in [0, 0.05) is 36.5 Å². The lowest BCUT2D eigenvalue weighted by atomic mass is 10.2. The molecule has 8 nitrogen and oxygen atoms in total. The number of allylic oxidation sites excluding steroid dienone is 2. The van der Waals surface area contributed by atoms with Crippen molar-refractivity contribution in [2.24, 2.45) is 10.9 Å². The van der Waals surface area contributed by atoms with E-state index in [0.717, 1.165) is 19.4 Å². The van der Waals surface area contributed by atoms with E-state index in [9.17, 15) is 0 Å². The number of anilines is 2. The van der Waals surface area contributed by atoms with Crippen LogP contribution in [0.15, 0.2) is 72.2 Å². The Morgan fingerprint density at radius 1 is 1.25 bits per heavy atom. The number of rotatable bonds is 13. The first-order chi connectivity index (χ1) is 17.4. The van der Waals surface area contributed by atoms with Crippen LogP contribution in [0.2, 0.25) is 0 Å². The van der Waals surface area contributed by atoms with Crippen molar-refractivity contribution in [2.45, 2.75) is 13.8 Å². The molecule has 0 radical (unpaired) electrons. The Labute approximate surface area is 210 Å². The molecule has 3 rings (SSSR count). The zero-order valence-electron chi connectivity index (χ0n) is 20.7. The van der Waals surface area contributed by atoms with Gasteiger partial charge in [0.1, 0.15) is 41.6 Å². The quantitative estimate of drug-likeness (QED) is 0.140. The topological polar surface area (TPSA) is 95.7 Å². The third-order valence-electron chi connectivity index (χ3n) is 5.31. The Bertz CT molecular complexity index is 1240. The van der Waals surface area contributed by atoms with Crippen LogP contribution in [-0.4, -0.2) is 54.2 Å². The molecule has 1 atom stereocenters. The molecule has 0 saturated carbocycles. The van der Waals surface area contributed by atoms with Crippen molar-refractivity contribution in [1.82, 2.24) is 14.9 Å². The summed E-state index contributed by atoms with van der Waals surface area (Å²) in [6.45, 7) is 10.3. The van der Waals surface area contributed by atoms with Crippen molar-refractivity contribution in [3.63, 3.8) is 0 Å². The molecule has 0 spiro atoms. The van der Waals surface area contributed by atoms with E-state index in [1.807, 2.05) is 0 Å². The number of ether oxygens (including phenoxy) is 2. The van der Waals surface area contributed by atoms with E-state index in [4.69, 9.17) is 14.9 Å². The Kier molecular flexibility index (Phi) is 9.64. The van der Waals surface area contributed by atoms with Crippen molar-refractivity contribution in [3.05, 3.63) is 73.0 Å². The van der Waals surface area contributed by atoms with Crippen molar-refractivity contribution >= 4 is 35.0 Å². The third kappa shape index (κ3) is 7.44. The number of fused-ring (bicyclic) bond motifs is 1. The molecule has 0 aliphatic heterocycles. The fraction of sp³-hybridized carbons (Fsp3) is 0.259. The molecule has 2 N–H and O–H groups in total. The molecule has 9 heteroatoms. The zero-order valence-corrected chi connectivity index (χ0v) is 20.7. The number of nitrogens with one attached hydrogen (secondary N) is 2. The van der Waals surface area contributed by atoms with Crippen molar-refractivity contribution in [2.75, 3.05) is 32.1 Å². The van der Waals surface area contributed by atoms with Gasteiger partial charge in [-0.05, 0) is 50.0 Å². The molecule has 1 heterocycles. The lowest BCUT2D eigenvalue weighted by molar-refractivity contribution is 0.210. The molecule has 0 amide bonds. The largest absolute Gasteiger partial charge is 0.493 e. The van der Waals surface area contributed by atoms with Crippen LogP contribution in [0, 0.1) is 17.1 Å². The standard InChI is InChI=1S/C27H31FN6O2/c1-5-21(11-12-30-17-29)36-22-9-7-20(8-10-22)33-27-26-24(28)13-23(14-25(26)31-18-32-27)35-16-19(3)15-34(4)6-2/h5,7-14,17-19,29H,1,6,15-16H2,2-4H3,(H,31,32,33)/b21-11+,29-17?,30-12?/t19-/m0/s1. The van der Waals surface area contributed by atoms with Crippen molar-refractivity contribution in [1.29, 1.82) is 5.41 Å². The minimum absolute atomic E-state index is 0.284. The van der Waals surface area contributed by atoms with Crippen LogP contribution in [0.3, 0.4) is 0 Å². The van der Waals surface area contributed by atoms with Gasteiger partial charge in [0.05, 0.1) is 17.5 Å². The highest BCUT2D eigenvalue weighted by molar-refractivity contribution is 5.92. The number of aromatic nitrogens is 2. The summed E-state index contributed by atoms with van der Waals surface area (Å²) in [7, 11) is 2.06. The van der Waals surface area contributed by atoms with E-state index in [-0.39, 0.29) is 5.39 Å². The number of halogens is 1. The second kappa shape index (κ2) is 13.1. The molecule has 0 aliphatic rings. The average molecular weight is 491 g/mol. The van der Waals surface area contributed by atoms with Gasteiger partial charge in [-0.2, -0.15) is 0 Å². The Morgan fingerprint density at radius 2 is 2.03 bits per heavy atom. The summed E-state index contributed by atoms with van der Waals surface area (Å²) in [5, 5.41) is 10.3. The number of hydrogen-bond acceptors (Lipinski definition) is 7. The van der Waals surface area contributed by atoms with Crippen molar-refractivity contribution < 1.29 is 13.9 Å². The molecule has 36 heavy (non-hydrogen) atoms. The molecule has 188 valence electrons. The highest BCUT2D eigenvalue weighted by Crippen LogP contribution is 2.30. The third-order valence-corrected chi connectivity index (χ3v) is 5.31. The summed E-state index contributed by atoms with van der Waals surface area (Å²) in [5.41, 5.74) is 1.15. The molecule has 0 unspecified atom stereocenters. The first kappa shape index (κ1) is 26.5. The van der Waals surface area contributed by atoms with Gasteiger partial charge in [-0.25, -0.2) is 19.4 Å². The second-order valence-electron chi connectivity index (χ2n) is 8.24. The maximum atomic E-state index is 15.1. The van der Waals surface area contributed by atoms with Gasteiger partial charge in [-0.3, -0.25) is 5.41 Å². The van der Waals surface area contributed by atoms with E-state index in [0.29, 0.717) is 46.8 Å². The monoisotopic (exact) mass is 490 g/mol. The highest BCUT2D eigenvalue weighted by Gasteiger charge is 2.13. The molecule has 1 aromatic heterocycles. The Balaban J connectivity index is 1.72. The SMILES string of the molecule is C=C/C(=C\C=NC=N)Oc1ccc(Nc2ncnc3cc(OC[C@@H](C)CN(C)CC)cc(F)c23)cc1. The summed E-state index contributed by atoms with van der Waals surface area (Å²) in [6.07, 6.45) is 6.90. The summed E-state index contributed by atoms with van der Waals surface area (Å²) in [6, 6.07) is 10.2. The number of hydrogen-bond donors (Lipinski definition) is 2. The van der Waals surface area contributed by atoms with Gasteiger partial charge in [0.2, 0.25) is 0 Å². The zero-order chi connectivity index (χ0) is 25.9.